The molecule has 0 radical (unpaired) electrons. The first-order chi connectivity index (χ1) is 15.0. The summed E-state index contributed by atoms with van der Waals surface area (Å²) >= 11 is 0. The molecule has 0 spiro atoms. The summed E-state index contributed by atoms with van der Waals surface area (Å²) in [5, 5.41) is 5.52. The molecule has 0 bridgehead atoms. The van der Waals surface area contributed by atoms with Crippen molar-refractivity contribution in [2.45, 2.75) is 20.3 Å². The van der Waals surface area contributed by atoms with Crippen molar-refractivity contribution in [3.8, 4) is 5.75 Å². The van der Waals surface area contributed by atoms with Gasteiger partial charge in [0.1, 0.15) is 11.6 Å². The van der Waals surface area contributed by atoms with Gasteiger partial charge >= 0.3 is 0 Å². The fourth-order valence-electron chi connectivity index (χ4n) is 3.04. The van der Waals surface area contributed by atoms with Crippen LogP contribution >= 0.6 is 0 Å². The number of carbonyl (C=O) groups is 2. The lowest BCUT2D eigenvalue weighted by atomic mass is 10.1. The van der Waals surface area contributed by atoms with Crippen LogP contribution in [0.1, 0.15) is 38.3 Å². The molecule has 3 rings (SSSR count). The third-order valence-electron chi connectivity index (χ3n) is 4.77. The van der Waals surface area contributed by atoms with Gasteiger partial charge in [0.15, 0.2) is 0 Å². The third-order valence-corrected chi connectivity index (χ3v) is 4.77. The lowest BCUT2D eigenvalue weighted by Crippen LogP contribution is -2.27. The molecule has 0 aliphatic heterocycles. The lowest BCUT2D eigenvalue weighted by molar-refractivity contribution is 0.0952. The van der Waals surface area contributed by atoms with Gasteiger partial charge in [-0.2, -0.15) is 0 Å². The number of amides is 2. The standard InChI is InChI=1S/C25H25FN2O3/c1-17-11-13-19(14-12-17)31-16-6-15-27-24(29)21-9-5-7-18(2)23(21)28-25(30)20-8-3-4-10-22(20)26/h3-5,7-14H,6,15-16H2,1-2H3,(H,27,29)(H,28,30). The number of hydrogen-bond acceptors (Lipinski definition) is 3. The second-order valence-electron chi connectivity index (χ2n) is 7.20. The zero-order valence-electron chi connectivity index (χ0n) is 17.6. The molecule has 2 amide bonds. The Bertz CT molecular complexity index is 1060. The number of aryl methyl sites for hydroxylation is 2. The Morgan fingerprint density at radius 3 is 2.32 bits per heavy atom. The molecule has 0 heterocycles. The summed E-state index contributed by atoms with van der Waals surface area (Å²) in [6, 6.07) is 18.6. The summed E-state index contributed by atoms with van der Waals surface area (Å²) in [5.41, 5.74) is 2.48. The van der Waals surface area contributed by atoms with Crippen LogP contribution in [0.4, 0.5) is 10.1 Å². The highest BCUT2D eigenvalue weighted by molar-refractivity contribution is 6.09. The molecule has 0 fully saturated rings. The number of anilines is 1. The molecular weight excluding hydrogens is 395 g/mol. The van der Waals surface area contributed by atoms with E-state index in [4.69, 9.17) is 4.74 Å². The van der Waals surface area contributed by atoms with E-state index in [9.17, 15) is 14.0 Å². The van der Waals surface area contributed by atoms with E-state index in [0.29, 0.717) is 36.4 Å². The van der Waals surface area contributed by atoms with Crippen LogP contribution in [0.3, 0.4) is 0 Å². The maximum absolute atomic E-state index is 13.9. The number of benzene rings is 3. The van der Waals surface area contributed by atoms with E-state index in [-0.39, 0.29) is 11.5 Å². The number of para-hydroxylation sites is 1. The van der Waals surface area contributed by atoms with Gasteiger partial charge in [0.05, 0.1) is 23.4 Å². The normalized spacial score (nSPS) is 10.4. The van der Waals surface area contributed by atoms with Crippen LogP contribution in [0.25, 0.3) is 0 Å². The molecule has 0 aliphatic carbocycles. The van der Waals surface area contributed by atoms with E-state index in [1.54, 1.807) is 31.2 Å². The smallest absolute Gasteiger partial charge is 0.258 e. The molecule has 3 aromatic rings. The molecule has 0 saturated heterocycles. The Kier molecular flexibility index (Phi) is 7.38. The van der Waals surface area contributed by atoms with Gasteiger partial charge in [-0.25, -0.2) is 4.39 Å². The van der Waals surface area contributed by atoms with Crippen molar-refractivity contribution >= 4 is 17.5 Å². The Morgan fingerprint density at radius 2 is 1.58 bits per heavy atom. The molecule has 5 nitrogen and oxygen atoms in total. The van der Waals surface area contributed by atoms with Crippen molar-refractivity contribution in [1.29, 1.82) is 0 Å². The van der Waals surface area contributed by atoms with Crippen molar-refractivity contribution in [3.05, 3.63) is 94.8 Å². The summed E-state index contributed by atoms with van der Waals surface area (Å²) in [5.74, 6) is -0.752. The minimum atomic E-state index is -0.617. The zero-order valence-corrected chi connectivity index (χ0v) is 17.6. The van der Waals surface area contributed by atoms with Crippen molar-refractivity contribution < 1.29 is 18.7 Å². The quantitative estimate of drug-likeness (QED) is 0.510. The molecular formula is C25H25FN2O3. The first kappa shape index (κ1) is 22.0. The Labute approximate surface area is 181 Å². The molecule has 0 aromatic heterocycles. The first-order valence-corrected chi connectivity index (χ1v) is 10.1. The Balaban J connectivity index is 1.58. The molecule has 0 saturated carbocycles. The highest BCUT2D eigenvalue weighted by atomic mass is 19.1. The number of rotatable bonds is 8. The molecule has 6 heteroatoms. The van der Waals surface area contributed by atoms with Crippen LogP contribution in [0.15, 0.2) is 66.7 Å². The molecule has 3 aromatic carbocycles. The van der Waals surface area contributed by atoms with Gasteiger partial charge in [0.25, 0.3) is 11.8 Å². The fraction of sp³-hybridized carbons (Fsp3) is 0.200. The molecule has 0 unspecified atom stereocenters. The first-order valence-electron chi connectivity index (χ1n) is 10.1. The van der Waals surface area contributed by atoms with Crippen LogP contribution < -0.4 is 15.4 Å². The van der Waals surface area contributed by atoms with Crippen molar-refractivity contribution in [3.63, 3.8) is 0 Å². The number of hydrogen-bond donors (Lipinski definition) is 2. The van der Waals surface area contributed by atoms with E-state index >= 15 is 0 Å². The molecule has 2 N–H and O–H groups in total. The number of ether oxygens (including phenoxy) is 1. The van der Waals surface area contributed by atoms with Gasteiger partial charge in [0.2, 0.25) is 0 Å². The summed E-state index contributed by atoms with van der Waals surface area (Å²) < 4.78 is 19.6. The van der Waals surface area contributed by atoms with E-state index in [1.165, 1.54) is 18.2 Å². The zero-order chi connectivity index (χ0) is 22.2. The van der Waals surface area contributed by atoms with Crippen LogP contribution in [-0.2, 0) is 0 Å². The number of nitrogens with one attached hydrogen (secondary N) is 2. The van der Waals surface area contributed by atoms with Crippen molar-refractivity contribution in [2.24, 2.45) is 0 Å². The van der Waals surface area contributed by atoms with Gasteiger partial charge in [-0.3, -0.25) is 9.59 Å². The molecule has 160 valence electrons. The Morgan fingerprint density at radius 1 is 0.871 bits per heavy atom. The fourth-order valence-corrected chi connectivity index (χ4v) is 3.04. The highest BCUT2D eigenvalue weighted by Crippen LogP contribution is 2.22. The van der Waals surface area contributed by atoms with Gasteiger partial charge < -0.3 is 15.4 Å². The van der Waals surface area contributed by atoms with E-state index in [0.717, 1.165) is 11.3 Å². The predicted octanol–water partition coefficient (Wildman–Crippen LogP) is 4.89. The van der Waals surface area contributed by atoms with E-state index in [1.807, 2.05) is 31.2 Å². The van der Waals surface area contributed by atoms with Gasteiger partial charge in [0, 0.05) is 6.54 Å². The maximum Gasteiger partial charge on any atom is 0.258 e. The average Bonchev–Trinajstić information content (AvgIpc) is 2.76. The second kappa shape index (κ2) is 10.4. The predicted molar refractivity (Wildman–Crippen MR) is 119 cm³/mol. The van der Waals surface area contributed by atoms with Crippen LogP contribution in [0.2, 0.25) is 0 Å². The van der Waals surface area contributed by atoms with Crippen molar-refractivity contribution in [2.75, 3.05) is 18.5 Å². The molecule has 0 aliphatic rings. The van der Waals surface area contributed by atoms with Crippen LogP contribution in [-0.4, -0.2) is 25.0 Å². The molecule has 0 atom stereocenters. The summed E-state index contributed by atoms with van der Waals surface area (Å²) in [6.45, 7) is 4.67. The molecule has 31 heavy (non-hydrogen) atoms. The Hall–Kier alpha value is -3.67. The maximum atomic E-state index is 13.9. The van der Waals surface area contributed by atoms with Gasteiger partial charge in [-0.05, 0) is 56.2 Å². The SMILES string of the molecule is Cc1ccc(OCCCNC(=O)c2cccc(C)c2NC(=O)c2ccccc2F)cc1. The van der Waals surface area contributed by atoms with Crippen LogP contribution in [0, 0.1) is 19.7 Å². The topological polar surface area (TPSA) is 67.4 Å². The average molecular weight is 420 g/mol. The van der Waals surface area contributed by atoms with E-state index in [2.05, 4.69) is 10.6 Å². The largest absolute Gasteiger partial charge is 0.494 e. The van der Waals surface area contributed by atoms with Crippen molar-refractivity contribution in [1.82, 2.24) is 5.32 Å². The number of halogens is 1. The van der Waals surface area contributed by atoms with Crippen LogP contribution in [0.5, 0.6) is 5.75 Å². The second-order valence-corrected chi connectivity index (χ2v) is 7.20. The highest BCUT2D eigenvalue weighted by Gasteiger charge is 2.17. The summed E-state index contributed by atoms with van der Waals surface area (Å²) in [7, 11) is 0. The lowest BCUT2D eigenvalue weighted by Gasteiger charge is -2.14. The number of carbonyl (C=O) groups excluding carboxylic acids is 2. The summed E-state index contributed by atoms with van der Waals surface area (Å²) in [4.78, 5) is 25.2. The van der Waals surface area contributed by atoms with E-state index < -0.39 is 11.7 Å². The minimum absolute atomic E-state index is 0.0784. The monoisotopic (exact) mass is 420 g/mol. The van der Waals surface area contributed by atoms with Gasteiger partial charge in [-0.15, -0.1) is 0 Å². The minimum Gasteiger partial charge on any atom is -0.494 e. The van der Waals surface area contributed by atoms with Gasteiger partial charge in [-0.1, -0.05) is 42.0 Å². The third kappa shape index (κ3) is 5.92. The summed E-state index contributed by atoms with van der Waals surface area (Å²) in [6.07, 6.45) is 0.627.